The number of anilines is 2. The summed E-state index contributed by atoms with van der Waals surface area (Å²) in [7, 11) is 1.50. The van der Waals surface area contributed by atoms with Crippen LogP contribution >= 0.6 is 11.6 Å². The molecule has 2 amide bonds. The second kappa shape index (κ2) is 5.96. The van der Waals surface area contributed by atoms with Crippen LogP contribution in [0.4, 0.5) is 16.3 Å². The van der Waals surface area contributed by atoms with Crippen LogP contribution in [-0.2, 0) is 0 Å². The maximum Gasteiger partial charge on any atom is 0.325 e. The van der Waals surface area contributed by atoms with Crippen molar-refractivity contribution in [2.45, 2.75) is 0 Å². The smallest absolute Gasteiger partial charge is 0.325 e. The number of carbonyl (C=O) groups is 1. The highest BCUT2D eigenvalue weighted by Crippen LogP contribution is 2.27. The van der Waals surface area contributed by atoms with E-state index in [1.165, 1.54) is 19.6 Å². The molecular formula is C11H10ClN5O2. The SMILES string of the molecule is COc1ccc(Cl)cc1NC(=O)Nc1cncnn1. The highest BCUT2D eigenvalue weighted by molar-refractivity contribution is 6.31. The largest absolute Gasteiger partial charge is 0.495 e. The number of benzene rings is 1. The van der Waals surface area contributed by atoms with Gasteiger partial charge in [0.25, 0.3) is 0 Å². The number of ether oxygens (including phenoxy) is 1. The average Bonchev–Trinajstić information content (AvgIpc) is 2.40. The lowest BCUT2D eigenvalue weighted by Crippen LogP contribution is -2.20. The Bertz CT molecular complexity index is 579. The molecule has 0 aliphatic heterocycles. The van der Waals surface area contributed by atoms with Crippen molar-refractivity contribution < 1.29 is 9.53 Å². The Labute approximate surface area is 114 Å². The quantitative estimate of drug-likeness (QED) is 0.899. The van der Waals surface area contributed by atoms with Crippen LogP contribution in [0.25, 0.3) is 0 Å². The van der Waals surface area contributed by atoms with Crippen molar-refractivity contribution in [2.24, 2.45) is 0 Å². The fourth-order valence-electron chi connectivity index (χ4n) is 1.35. The van der Waals surface area contributed by atoms with Gasteiger partial charge in [-0.2, -0.15) is 0 Å². The van der Waals surface area contributed by atoms with Crippen LogP contribution in [0.15, 0.2) is 30.7 Å². The molecule has 0 fully saturated rings. The van der Waals surface area contributed by atoms with Gasteiger partial charge in [-0.15, -0.1) is 10.2 Å². The van der Waals surface area contributed by atoms with E-state index < -0.39 is 6.03 Å². The number of nitrogens with zero attached hydrogens (tertiary/aromatic N) is 3. The summed E-state index contributed by atoms with van der Waals surface area (Å²) in [6.07, 6.45) is 2.64. The maximum absolute atomic E-state index is 11.7. The molecule has 2 aromatic rings. The number of methoxy groups -OCH3 is 1. The van der Waals surface area contributed by atoms with Gasteiger partial charge in [0, 0.05) is 5.02 Å². The minimum atomic E-state index is -0.497. The zero-order chi connectivity index (χ0) is 13.7. The van der Waals surface area contributed by atoms with E-state index in [-0.39, 0.29) is 5.82 Å². The number of nitrogens with one attached hydrogen (secondary N) is 2. The Hall–Kier alpha value is -2.41. The van der Waals surface area contributed by atoms with E-state index >= 15 is 0 Å². The lowest BCUT2D eigenvalue weighted by atomic mass is 10.3. The summed E-state index contributed by atoms with van der Waals surface area (Å²) >= 11 is 5.86. The number of halogens is 1. The number of aromatic nitrogens is 3. The first-order chi connectivity index (χ1) is 9.19. The first-order valence-corrected chi connectivity index (χ1v) is 5.61. The van der Waals surface area contributed by atoms with E-state index in [0.29, 0.717) is 16.5 Å². The molecule has 0 bridgehead atoms. The second-order valence-corrected chi connectivity index (χ2v) is 3.85. The molecule has 0 aliphatic rings. The summed E-state index contributed by atoms with van der Waals surface area (Å²) in [5.74, 6) is 0.734. The van der Waals surface area contributed by atoms with Crippen LogP contribution in [0.3, 0.4) is 0 Å². The Morgan fingerprint density at radius 2 is 2.21 bits per heavy atom. The predicted octanol–water partition coefficient (Wildman–Crippen LogP) is 2.18. The fourth-order valence-corrected chi connectivity index (χ4v) is 1.52. The van der Waals surface area contributed by atoms with E-state index in [2.05, 4.69) is 25.8 Å². The Kier molecular flexibility index (Phi) is 4.09. The molecular weight excluding hydrogens is 270 g/mol. The minimum Gasteiger partial charge on any atom is -0.495 e. The summed E-state index contributed by atoms with van der Waals surface area (Å²) in [5, 5.41) is 12.8. The molecule has 2 rings (SSSR count). The van der Waals surface area contributed by atoms with E-state index in [1.54, 1.807) is 18.2 Å². The molecule has 8 heteroatoms. The monoisotopic (exact) mass is 279 g/mol. The van der Waals surface area contributed by atoms with Gasteiger partial charge < -0.3 is 10.1 Å². The Morgan fingerprint density at radius 1 is 1.37 bits per heavy atom. The minimum absolute atomic E-state index is 0.237. The zero-order valence-electron chi connectivity index (χ0n) is 9.92. The summed E-state index contributed by atoms with van der Waals surface area (Å²) in [6, 6.07) is 4.40. The van der Waals surface area contributed by atoms with Crippen LogP contribution in [0.1, 0.15) is 0 Å². The van der Waals surface area contributed by atoms with Gasteiger partial charge in [-0.05, 0) is 18.2 Å². The van der Waals surface area contributed by atoms with Gasteiger partial charge in [-0.1, -0.05) is 11.6 Å². The van der Waals surface area contributed by atoms with Crippen molar-refractivity contribution in [3.8, 4) is 5.75 Å². The van der Waals surface area contributed by atoms with E-state index in [4.69, 9.17) is 16.3 Å². The van der Waals surface area contributed by atoms with Crippen LogP contribution in [0.2, 0.25) is 5.02 Å². The van der Waals surface area contributed by atoms with Crippen LogP contribution in [-0.4, -0.2) is 28.3 Å². The van der Waals surface area contributed by atoms with E-state index in [0.717, 1.165) is 0 Å². The standard InChI is InChI=1S/C11H10ClN5O2/c1-19-9-3-2-7(12)4-8(9)15-11(18)16-10-5-13-6-14-17-10/h2-6H,1H3,(H2,15,16,17,18). The molecule has 7 nitrogen and oxygen atoms in total. The number of urea groups is 1. The highest BCUT2D eigenvalue weighted by Gasteiger charge is 2.09. The first-order valence-electron chi connectivity index (χ1n) is 5.23. The van der Waals surface area contributed by atoms with Gasteiger partial charge in [0.2, 0.25) is 0 Å². The number of amides is 2. The molecule has 0 radical (unpaired) electrons. The number of hydrogen-bond acceptors (Lipinski definition) is 5. The third-order valence-corrected chi connectivity index (χ3v) is 2.37. The lowest BCUT2D eigenvalue weighted by molar-refractivity contribution is 0.262. The molecule has 0 aliphatic carbocycles. The highest BCUT2D eigenvalue weighted by atomic mass is 35.5. The van der Waals surface area contributed by atoms with Crippen LogP contribution < -0.4 is 15.4 Å². The van der Waals surface area contributed by atoms with Crippen LogP contribution in [0.5, 0.6) is 5.75 Å². The van der Waals surface area contributed by atoms with Crippen molar-refractivity contribution in [3.05, 3.63) is 35.7 Å². The number of rotatable bonds is 3. The van der Waals surface area contributed by atoms with Gasteiger partial charge in [0.1, 0.15) is 12.1 Å². The van der Waals surface area contributed by atoms with Gasteiger partial charge in [-0.3, -0.25) is 5.32 Å². The Morgan fingerprint density at radius 3 is 2.89 bits per heavy atom. The predicted molar refractivity (Wildman–Crippen MR) is 70.5 cm³/mol. The molecule has 1 heterocycles. The lowest BCUT2D eigenvalue weighted by Gasteiger charge is -2.10. The molecule has 0 saturated heterocycles. The zero-order valence-corrected chi connectivity index (χ0v) is 10.7. The molecule has 0 saturated carbocycles. The van der Waals surface area contributed by atoms with Gasteiger partial charge in [-0.25, -0.2) is 9.78 Å². The molecule has 0 unspecified atom stereocenters. The van der Waals surface area contributed by atoms with Crippen molar-refractivity contribution in [3.63, 3.8) is 0 Å². The van der Waals surface area contributed by atoms with Crippen molar-refractivity contribution >= 4 is 29.1 Å². The van der Waals surface area contributed by atoms with Gasteiger partial charge >= 0.3 is 6.03 Å². The number of carbonyl (C=O) groups excluding carboxylic acids is 1. The fraction of sp³-hybridized carbons (Fsp3) is 0.0909. The van der Waals surface area contributed by atoms with E-state index in [1.807, 2.05) is 0 Å². The summed E-state index contributed by atoms with van der Waals surface area (Å²) < 4.78 is 5.11. The van der Waals surface area contributed by atoms with Crippen LogP contribution in [0, 0.1) is 0 Å². The summed E-state index contributed by atoms with van der Waals surface area (Å²) in [5.41, 5.74) is 0.448. The molecule has 0 atom stereocenters. The summed E-state index contributed by atoms with van der Waals surface area (Å²) in [4.78, 5) is 15.5. The molecule has 98 valence electrons. The first kappa shape index (κ1) is 13.0. The topological polar surface area (TPSA) is 89.0 Å². The van der Waals surface area contributed by atoms with E-state index in [9.17, 15) is 4.79 Å². The van der Waals surface area contributed by atoms with Gasteiger partial charge in [0.05, 0.1) is 19.0 Å². The maximum atomic E-state index is 11.7. The van der Waals surface area contributed by atoms with Crippen molar-refractivity contribution in [1.82, 2.24) is 15.2 Å². The average molecular weight is 280 g/mol. The molecule has 19 heavy (non-hydrogen) atoms. The van der Waals surface area contributed by atoms with Crippen molar-refractivity contribution in [1.29, 1.82) is 0 Å². The second-order valence-electron chi connectivity index (χ2n) is 3.42. The molecule has 2 N–H and O–H groups in total. The third kappa shape index (κ3) is 3.52. The molecule has 1 aromatic heterocycles. The number of hydrogen-bond donors (Lipinski definition) is 2. The molecule has 1 aromatic carbocycles. The molecule has 0 spiro atoms. The normalized spacial score (nSPS) is 9.79. The van der Waals surface area contributed by atoms with Crippen molar-refractivity contribution in [2.75, 3.05) is 17.7 Å². The Balaban J connectivity index is 2.09. The summed E-state index contributed by atoms with van der Waals surface area (Å²) in [6.45, 7) is 0. The van der Waals surface area contributed by atoms with Gasteiger partial charge in [0.15, 0.2) is 5.82 Å². The third-order valence-electron chi connectivity index (χ3n) is 2.13.